The molecule has 30 heavy (non-hydrogen) atoms. The summed E-state index contributed by atoms with van der Waals surface area (Å²) < 4.78 is 0. The molecule has 7 nitrogen and oxygen atoms in total. The SMILES string of the molecule is CCN1CCN(c2ncc(N3CCC(C(=O)NCc4ccccc4)CC3)cn2)CC1. The van der Waals surface area contributed by atoms with Gasteiger partial charge in [-0.15, -0.1) is 0 Å². The summed E-state index contributed by atoms with van der Waals surface area (Å²) in [4.78, 5) is 28.8. The number of nitrogens with zero attached hydrogens (tertiary/aromatic N) is 5. The molecule has 3 heterocycles. The van der Waals surface area contributed by atoms with Gasteiger partial charge in [-0.3, -0.25) is 4.79 Å². The van der Waals surface area contributed by atoms with Crippen LogP contribution in [0.3, 0.4) is 0 Å². The third kappa shape index (κ3) is 5.08. The lowest BCUT2D eigenvalue weighted by molar-refractivity contribution is -0.125. The summed E-state index contributed by atoms with van der Waals surface area (Å²) in [6, 6.07) is 10.1. The molecule has 1 aromatic heterocycles. The molecular formula is C23H32N6O. The molecule has 0 saturated carbocycles. The second kappa shape index (κ2) is 9.89. The maximum absolute atomic E-state index is 12.5. The largest absolute Gasteiger partial charge is 0.369 e. The molecule has 2 saturated heterocycles. The highest BCUT2D eigenvalue weighted by atomic mass is 16.1. The zero-order valence-electron chi connectivity index (χ0n) is 17.8. The normalized spacial score (nSPS) is 18.4. The molecule has 0 bridgehead atoms. The van der Waals surface area contributed by atoms with E-state index in [1.54, 1.807) is 0 Å². The van der Waals surface area contributed by atoms with Crippen LogP contribution in [-0.2, 0) is 11.3 Å². The van der Waals surface area contributed by atoms with E-state index < -0.39 is 0 Å². The first-order chi connectivity index (χ1) is 14.7. The van der Waals surface area contributed by atoms with Crippen LogP contribution in [0.15, 0.2) is 42.7 Å². The number of piperazine rings is 1. The van der Waals surface area contributed by atoms with Gasteiger partial charge in [-0.25, -0.2) is 9.97 Å². The Morgan fingerprint density at radius 2 is 1.63 bits per heavy atom. The van der Waals surface area contributed by atoms with Crippen LogP contribution < -0.4 is 15.1 Å². The van der Waals surface area contributed by atoms with E-state index in [1.165, 1.54) is 0 Å². The van der Waals surface area contributed by atoms with Crippen molar-refractivity contribution in [3.8, 4) is 0 Å². The second-order valence-electron chi connectivity index (χ2n) is 8.13. The van der Waals surface area contributed by atoms with Gasteiger partial charge in [0.2, 0.25) is 11.9 Å². The van der Waals surface area contributed by atoms with Gasteiger partial charge in [0.05, 0.1) is 18.1 Å². The summed E-state index contributed by atoms with van der Waals surface area (Å²) in [5.74, 6) is 1.07. The standard InChI is InChI=1S/C23H32N6O/c1-2-27-12-14-29(15-13-27)23-25-17-21(18-26-23)28-10-8-20(9-11-28)22(30)24-16-19-6-4-3-5-7-19/h3-7,17-18,20H,2,8-16H2,1H3,(H,24,30). The maximum Gasteiger partial charge on any atom is 0.225 e. The Bertz CT molecular complexity index is 796. The van der Waals surface area contributed by atoms with Crippen molar-refractivity contribution in [2.24, 2.45) is 5.92 Å². The molecule has 0 aliphatic carbocycles. The van der Waals surface area contributed by atoms with Crippen LogP contribution in [0.5, 0.6) is 0 Å². The highest BCUT2D eigenvalue weighted by molar-refractivity contribution is 5.79. The highest BCUT2D eigenvalue weighted by Gasteiger charge is 2.25. The van der Waals surface area contributed by atoms with Crippen molar-refractivity contribution in [1.82, 2.24) is 20.2 Å². The fourth-order valence-electron chi connectivity index (χ4n) is 4.23. The minimum absolute atomic E-state index is 0.0833. The monoisotopic (exact) mass is 408 g/mol. The van der Waals surface area contributed by atoms with E-state index in [1.807, 2.05) is 42.7 Å². The third-order valence-corrected chi connectivity index (χ3v) is 6.27. The van der Waals surface area contributed by atoms with Crippen molar-refractivity contribution in [2.45, 2.75) is 26.3 Å². The average molecular weight is 409 g/mol. The number of rotatable bonds is 6. The lowest BCUT2D eigenvalue weighted by Gasteiger charge is -2.35. The Morgan fingerprint density at radius 3 is 2.27 bits per heavy atom. The molecule has 1 aromatic carbocycles. The van der Waals surface area contributed by atoms with E-state index >= 15 is 0 Å². The quantitative estimate of drug-likeness (QED) is 0.790. The number of hydrogen-bond acceptors (Lipinski definition) is 6. The third-order valence-electron chi connectivity index (χ3n) is 6.27. The molecular weight excluding hydrogens is 376 g/mol. The average Bonchev–Trinajstić information content (AvgIpc) is 2.83. The van der Waals surface area contributed by atoms with Gasteiger partial charge < -0.3 is 20.0 Å². The van der Waals surface area contributed by atoms with Gasteiger partial charge in [0.15, 0.2) is 0 Å². The Kier molecular flexibility index (Phi) is 6.79. The minimum atomic E-state index is 0.0833. The van der Waals surface area contributed by atoms with Crippen molar-refractivity contribution >= 4 is 17.5 Å². The van der Waals surface area contributed by atoms with Gasteiger partial charge in [-0.2, -0.15) is 0 Å². The topological polar surface area (TPSA) is 64.6 Å². The molecule has 0 spiro atoms. The number of aromatic nitrogens is 2. The first-order valence-corrected chi connectivity index (χ1v) is 11.1. The zero-order valence-corrected chi connectivity index (χ0v) is 17.8. The number of amides is 1. The first-order valence-electron chi connectivity index (χ1n) is 11.1. The fourth-order valence-corrected chi connectivity index (χ4v) is 4.23. The van der Waals surface area contributed by atoms with Crippen molar-refractivity contribution < 1.29 is 4.79 Å². The van der Waals surface area contributed by atoms with Crippen molar-refractivity contribution in [3.05, 3.63) is 48.3 Å². The van der Waals surface area contributed by atoms with Crippen LogP contribution in [0.25, 0.3) is 0 Å². The zero-order chi connectivity index (χ0) is 20.8. The predicted octanol–water partition coefficient (Wildman–Crippen LogP) is 2.15. The lowest BCUT2D eigenvalue weighted by atomic mass is 9.95. The molecule has 0 atom stereocenters. The summed E-state index contributed by atoms with van der Waals surface area (Å²) >= 11 is 0. The molecule has 160 valence electrons. The molecule has 7 heteroatoms. The van der Waals surface area contributed by atoms with E-state index in [9.17, 15) is 4.79 Å². The van der Waals surface area contributed by atoms with Gasteiger partial charge >= 0.3 is 0 Å². The minimum Gasteiger partial charge on any atom is -0.369 e. The van der Waals surface area contributed by atoms with E-state index in [-0.39, 0.29) is 11.8 Å². The molecule has 1 N–H and O–H groups in total. The second-order valence-corrected chi connectivity index (χ2v) is 8.13. The van der Waals surface area contributed by atoms with Gasteiger partial charge in [0, 0.05) is 51.7 Å². The number of hydrogen-bond donors (Lipinski definition) is 1. The van der Waals surface area contributed by atoms with Crippen LogP contribution in [0.1, 0.15) is 25.3 Å². The molecule has 2 fully saturated rings. The Hall–Kier alpha value is -2.67. The molecule has 2 aromatic rings. The molecule has 1 amide bonds. The van der Waals surface area contributed by atoms with E-state index in [0.717, 1.165) is 75.9 Å². The molecule has 0 unspecified atom stereocenters. The fraction of sp³-hybridized carbons (Fsp3) is 0.522. The number of carbonyl (C=O) groups excluding carboxylic acids is 1. The first kappa shape index (κ1) is 20.6. The van der Waals surface area contributed by atoms with Crippen LogP contribution in [-0.4, -0.2) is 66.6 Å². The summed E-state index contributed by atoms with van der Waals surface area (Å²) in [5, 5.41) is 3.08. The number of likely N-dealkylation sites (N-methyl/N-ethyl adjacent to an activating group) is 1. The summed E-state index contributed by atoms with van der Waals surface area (Å²) in [7, 11) is 0. The van der Waals surface area contributed by atoms with Gasteiger partial charge in [0.1, 0.15) is 0 Å². The van der Waals surface area contributed by atoms with Gasteiger partial charge in [0.25, 0.3) is 0 Å². The molecule has 2 aliphatic rings. The van der Waals surface area contributed by atoms with Crippen LogP contribution in [0.2, 0.25) is 0 Å². The van der Waals surface area contributed by atoms with Crippen molar-refractivity contribution in [3.63, 3.8) is 0 Å². The lowest BCUT2D eigenvalue weighted by Crippen LogP contribution is -2.46. The van der Waals surface area contributed by atoms with E-state index in [4.69, 9.17) is 0 Å². The summed E-state index contributed by atoms with van der Waals surface area (Å²) in [6.45, 7) is 9.74. The van der Waals surface area contributed by atoms with E-state index in [2.05, 4.69) is 36.9 Å². The number of benzene rings is 1. The molecule has 0 radical (unpaired) electrons. The summed E-state index contributed by atoms with van der Waals surface area (Å²) in [6.07, 6.45) is 5.59. The smallest absolute Gasteiger partial charge is 0.225 e. The maximum atomic E-state index is 12.5. The van der Waals surface area contributed by atoms with Crippen LogP contribution in [0, 0.1) is 5.92 Å². The Morgan fingerprint density at radius 1 is 0.967 bits per heavy atom. The van der Waals surface area contributed by atoms with Crippen LogP contribution in [0.4, 0.5) is 11.6 Å². The van der Waals surface area contributed by atoms with Crippen molar-refractivity contribution in [1.29, 1.82) is 0 Å². The predicted molar refractivity (Wildman–Crippen MR) is 120 cm³/mol. The Labute approximate surface area is 179 Å². The number of anilines is 2. The number of piperidine rings is 1. The van der Waals surface area contributed by atoms with Crippen molar-refractivity contribution in [2.75, 3.05) is 55.6 Å². The summed E-state index contributed by atoms with van der Waals surface area (Å²) in [5.41, 5.74) is 2.19. The highest BCUT2D eigenvalue weighted by Crippen LogP contribution is 2.23. The van der Waals surface area contributed by atoms with Crippen LogP contribution >= 0.6 is 0 Å². The molecule has 4 rings (SSSR count). The Balaban J connectivity index is 1.24. The van der Waals surface area contributed by atoms with Gasteiger partial charge in [-0.05, 0) is 24.9 Å². The van der Waals surface area contributed by atoms with Gasteiger partial charge in [-0.1, -0.05) is 37.3 Å². The number of carbonyl (C=O) groups is 1. The molecule has 2 aliphatic heterocycles. The van der Waals surface area contributed by atoms with E-state index in [0.29, 0.717) is 6.54 Å². The number of nitrogens with one attached hydrogen (secondary N) is 1.